The van der Waals surface area contributed by atoms with Gasteiger partial charge in [-0.1, -0.05) is 60.7 Å². The molecule has 156 valence electrons. The van der Waals surface area contributed by atoms with E-state index in [1.807, 2.05) is 21.5 Å². The van der Waals surface area contributed by atoms with Gasteiger partial charge in [0.1, 0.15) is 6.10 Å². The van der Waals surface area contributed by atoms with Gasteiger partial charge in [0.15, 0.2) is 0 Å². The van der Waals surface area contributed by atoms with E-state index in [1.165, 1.54) is 4.57 Å². The van der Waals surface area contributed by atoms with Crippen molar-refractivity contribution in [1.29, 1.82) is 0 Å². The van der Waals surface area contributed by atoms with E-state index in [0.717, 1.165) is 11.1 Å². The number of hydrogen-bond acceptors (Lipinski definition) is 3. The van der Waals surface area contributed by atoms with Crippen LogP contribution in [0.4, 0.5) is 0 Å². The van der Waals surface area contributed by atoms with Gasteiger partial charge in [0, 0.05) is 12.5 Å². The van der Waals surface area contributed by atoms with Crippen LogP contribution >= 0.6 is 0 Å². The van der Waals surface area contributed by atoms with Crippen LogP contribution in [0.3, 0.4) is 0 Å². The molecule has 2 aliphatic heterocycles. The van der Waals surface area contributed by atoms with Crippen LogP contribution in [-0.2, 0) is 11.8 Å². The molecular weight excluding hydrogens is 390 g/mol. The Hall–Kier alpha value is -2.86. The molecule has 4 fully saturated rings. The van der Waals surface area contributed by atoms with Crippen molar-refractivity contribution in [2.24, 2.45) is 42.1 Å². The minimum Gasteiger partial charge on any atom is -0.368 e. The van der Waals surface area contributed by atoms with Gasteiger partial charge in [0.25, 0.3) is 0 Å². The predicted molar refractivity (Wildman–Crippen MR) is 113 cm³/mol. The highest BCUT2D eigenvalue weighted by Crippen LogP contribution is 2.97. The summed E-state index contributed by atoms with van der Waals surface area (Å²) in [7, 11) is 1.61. The number of rotatable bonds is 5. The summed E-state index contributed by atoms with van der Waals surface area (Å²) >= 11 is 0. The van der Waals surface area contributed by atoms with Gasteiger partial charge in [0.05, 0.1) is 18.7 Å². The van der Waals surface area contributed by atoms with E-state index < -0.39 is 0 Å². The standard InChI is InChI=1S/C25H23N3O3/c1-26-23(29)27-20-16-15-17(16)22(28(27)24(26)30)25(18(15)19(20)25)12-31-21(13-8-4-2-5-9-13)14-10-6-3-7-11-14/h2-11,15-22H,12H2,1H3/t15-,16-,17+,18+,19-,20+,22+,25-/m0/s1. The molecule has 6 nitrogen and oxygen atoms in total. The number of aromatic nitrogens is 3. The Bertz CT molecular complexity index is 1320. The fourth-order valence-corrected chi connectivity index (χ4v) is 8.33. The monoisotopic (exact) mass is 413 g/mol. The first-order valence-electron chi connectivity index (χ1n) is 11.3. The van der Waals surface area contributed by atoms with Crippen LogP contribution in [0, 0.1) is 35.0 Å². The topological polar surface area (TPSA) is 58.2 Å². The van der Waals surface area contributed by atoms with Gasteiger partial charge in [-0.05, 0) is 40.7 Å². The minimum absolute atomic E-state index is 0.0220. The van der Waals surface area contributed by atoms with Crippen molar-refractivity contribution in [3.8, 4) is 0 Å². The van der Waals surface area contributed by atoms with Crippen LogP contribution in [0.15, 0.2) is 70.3 Å². The molecule has 1 aromatic heterocycles. The van der Waals surface area contributed by atoms with Crippen molar-refractivity contribution in [3.05, 3.63) is 92.8 Å². The zero-order valence-corrected chi connectivity index (χ0v) is 17.2. The lowest BCUT2D eigenvalue weighted by Crippen LogP contribution is -2.50. The smallest absolute Gasteiger partial charge is 0.347 e. The van der Waals surface area contributed by atoms with Crippen LogP contribution in [0.1, 0.15) is 29.3 Å². The fraction of sp³-hybridized carbons (Fsp3) is 0.440. The van der Waals surface area contributed by atoms with Crippen molar-refractivity contribution in [2.45, 2.75) is 18.2 Å². The maximum absolute atomic E-state index is 12.9. The Morgan fingerprint density at radius 3 is 2.10 bits per heavy atom. The molecule has 0 spiro atoms. The Morgan fingerprint density at radius 2 is 1.45 bits per heavy atom. The second kappa shape index (κ2) is 5.13. The lowest BCUT2D eigenvalue weighted by Gasteiger charge is -2.43. The van der Waals surface area contributed by atoms with Crippen molar-refractivity contribution >= 4 is 0 Å². The first kappa shape index (κ1) is 16.8. The summed E-state index contributed by atoms with van der Waals surface area (Å²) < 4.78 is 11.7. The quantitative estimate of drug-likeness (QED) is 0.645. The van der Waals surface area contributed by atoms with Gasteiger partial charge in [-0.25, -0.2) is 23.5 Å². The van der Waals surface area contributed by atoms with E-state index in [2.05, 4.69) is 48.5 Å². The van der Waals surface area contributed by atoms with Gasteiger partial charge < -0.3 is 4.74 Å². The summed E-state index contributed by atoms with van der Waals surface area (Å²) in [5.41, 5.74) is 2.02. The van der Waals surface area contributed by atoms with Crippen LogP contribution in [-0.4, -0.2) is 20.5 Å². The first-order valence-corrected chi connectivity index (χ1v) is 11.3. The molecule has 0 saturated heterocycles. The van der Waals surface area contributed by atoms with E-state index in [-0.39, 0.29) is 35.0 Å². The normalized spacial score (nSPS) is 39.1. The summed E-state index contributed by atoms with van der Waals surface area (Å²) in [5.74, 6) is 2.97. The van der Waals surface area contributed by atoms with Crippen molar-refractivity contribution in [3.63, 3.8) is 0 Å². The molecule has 9 rings (SSSR count). The number of benzene rings is 2. The van der Waals surface area contributed by atoms with Crippen LogP contribution in [0.2, 0.25) is 0 Å². The Kier molecular flexibility index (Phi) is 2.78. The lowest BCUT2D eigenvalue weighted by atomic mass is 9.79. The SMILES string of the molecule is Cn1c(=O)n2n(c1=O)[C@@H]1[C@H]3[C@@H]4[C@@H]3[C@@H]3[C@@H]([C@@H]42)[C@]31COC(c1ccccc1)c1ccccc1. The van der Waals surface area contributed by atoms with Gasteiger partial charge in [0.2, 0.25) is 0 Å². The lowest BCUT2D eigenvalue weighted by molar-refractivity contribution is -0.0312. The predicted octanol–water partition coefficient (Wildman–Crippen LogP) is 2.37. The second-order valence-corrected chi connectivity index (χ2v) is 10.2. The van der Waals surface area contributed by atoms with Crippen molar-refractivity contribution in [1.82, 2.24) is 13.9 Å². The summed E-state index contributed by atoms with van der Waals surface area (Å²) in [6, 6.07) is 21.1. The molecule has 4 aliphatic carbocycles. The van der Waals surface area contributed by atoms with Gasteiger partial charge in [-0.2, -0.15) is 0 Å². The third-order valence-corrected chi connectivity index (χ3v) is 9.25. The zero-order valence-electron chi connectivity index (χ0n) is 17.2. The molecule has 3 aromatic rings. The molecule has 8 atom stereocenters. The summed E-state index contributed by atoms with van der Waals surface area (Å²) in [6.45, 7) is 0.646. The molecule has 4 saturated carbocycles. The fourth-order valence-electron chi connectivity index (χ4n) is 8.33. The van der Waals surface area contributed by atoms with Crippen LogP contribution in [0.25, 0.3) is 0 Å². The van der Waals surface area contributed by atoms with Gasteiger partial charge in [-0.15, -0.1) is 0 Å². The molecule has 6 heteroatoms. The molecule has 0 radical (unpaired) electrons. The van der Waals surface area contributed by atoms with Crippen LogP contribution < -0.4 is 11.4 Å². The number of ether oxygens (including phenoxy) is 1. The molecule has 31 heavy (non-hydrogen) atoms. The molecule has 2 bridgehead atoms. The van der Waals surface area contributed by atoms with Crippen molar-refractivity contribution < 1.29 is 4.74 Å². The highest BCUT2D eigenvalue weighted by molar-refractivity contribution is 5.43. The molecule has 0 unspecified atom stereocenters. The Balaban J connectivity index is 1.19. The highest BCUT2D eigenvalue weighted by Gasteiger charge is 2.97. The maximum Gasteiger partial charge on any atom is 0.347 e. The van der Waals surface area contributed by atoms with E-state index in [1.54, 1.807) is 7.05 Å². The third-order valence-electron chi connectivity index (χ3n) is 9.25. The molecule has 6 aliphatic rings. The number of nitrogens with zero attached hydrogens (tertiary/aromatic N) is 3. The van der Waals surface area contributed by atoms with E-state index >= 15 is 0 Å². The Morgan fingerprint density at radius 1 is 0.839 bits per heavy atom. The summed E-state index contributed by atoms with van der Waals surface area (Å²) in [4.78, 5) is 25.7. The average Bonchev–Trinajstić information content (AvgIpc) is 3.61. The van der Waals surface area contributed by atoms with E-state index in [0.29, 0.717) is 36.2 Å². The number of hydrogen-bond donors (Lipinski definition) is 0. The van der Waals surface area contributed by atoms with E-state index in [4.69, 9.17) is 4.74 Å². The summed E-state index contributed by atoms with van der Waals surface area (Å²) in [6.07, 6.45) is -0.126. The highest BCUT2D eigenvalue weighted by atomic mass is 16.5. The van der Waals surface area contributed by atoms with Gasteiger partial charge >= 0.3 is 11.4 Å². The molecule has 0 amide bonds. The molecular formula is C25H23N3O3. The molecule has 0 N–H and O–H groups in total. The van der Waals surface area contributed by atoms with Crippen molar-refractivity contribution in [2.75, 3.05) is 6.61 Å². The molecule has 3 heterocycles. The zero-order chi connectivity index (χ0) is 20.6. The molecule has 2 aromatic carbocycles. The second-order valence-electron chi connectivity index (χ2n) is 10.2. The largest absolute Gasteiger partial charge is 0.368 e. The Labute approximate surface area is 178 Å². The minimum atomic E-state index is -0.155. The van der Waals surface area contributed by atoms with Crippen LogP contribution in [0.5, 0.6) is 0 Å². The third kappa shape index (κ3) is 1.68. The van der Waals surface area contributed by atoms with Gasteiger partial charge in [-0.3, -0.25) is 0 Å². The van der Waals surface area contributed by atoms with E-state index in [9.17, 15) is 9.59 Å². The first-order chi connectivity index (χ1) is 15.2. The summed E-state index contributed by atoms with van der Waals surface area (Å²) in [5, 5.41) is 0. The maximum atomic E-state index is 12.9. The average molecular weight is 413 g/mol.